The number of rotatable bonds is 9. The number of nitrogens with one attached hydrogen (secondary N) is 2. The molecular weight excluding hydrogens is 470 g/mol. The fourth-order valence-electron chi connectivity index (χ4n) is 2.99. The van der Waals surface area contributed by atoms with Gasteiger partial charge in [-0.25, -0.2) is 4.79 Å². The van der Waals surface area contributed by atoms with E-state index in [2.05, 4.69) is 10.6 Å². The van der Waals surface area contributed by atoms with Crippen molar-refractivity contribution in [2.24, 2.45) is 0 Å². The average Bonchev–Trinajstić information content (AvgIpc) is 2.85. The molecule has 2 N–H and O–H groups in total. The summed E-state index contributed by atoms with van der Waals surface area (Å²) in [5.74, 6) is -1.09. The molecule has 180 valence electrons. The fraction of sp³-hybridized carbons (Fsp3) is 0.160. The molecule has 0 fully saturated rings. The summed E-state index contributed by atoms with van der Waals surface area (Å²) < 4.78 is 4.94. The zero-order valence-electron chi connectivity index (χ0n) is 19.0. The molecule has 0 aliphatic heterocycles. The summed E-state index contributed by atoms with van der Waals surface area (Å²) in [7, 11) is 0. The van der Waals surface area contributed by atoms with E-state index in [4.69, 9.17) is 4.74 Å². The number of amides is 2. The Morgan fingerprint density at radius 1 is 0.943 bits per heavy atom. The first-order valence-electron chi connectivity index (χ1n) is 10.7. The largest absolute Gasteiger partial charge is 0.462 e. The third-order valence-electron chi connectivity index (χ3n) is 4.78. The number of benzene rings is 3. The molecule has 0 heterocycles. The van der Waals surface area contributed by atoms with Crippen LogP contribution in [0.15, 0.2) is 77.7 Å². The van der Waals surface area contributed by atoms with E-state index < -0.39 is 22.0 Å². The van der Waals surface area contributed by atoms with E-state index in [9.17, 15) is 24.5 Å². The number of hydrogen-bond acceptors (Lipinski definition) is 7. The van der Waals surface area contributed by atoms with Crippen molar-refractivity contribution >= 4 is 46.6 Å². The second kappa shape index (κ2) is 11.8. The van der Waals surface area contributed by atoms with Crippen LogP contribution in [-0.4, -0.2) is 34.6 Å². The lowest BCUT2D eigenvalue weighted by molar-refractivity contribution is -0.384. The number of nitro groups is 1. The third kappa shape index (κ3) is 7.15. The number of thioether (sulfide) groups is 1. The molecule has 0 aliphatic rings. The van der Waals surface area contributed by atoms with Gasteiger partial charge in [-0.1, -0.05) is 6.07 Å². The summed E-state index contributed by atoms with van der Waals surface area (Å²) in [6.07, 6.45) is 0. The molecule has 1 unspecified atom stereocenters. The normalized spacial score (nSPS) is 11.3. The van der Waals surface area contributed by atoms with Crippen LogP contribution in [0.2, 0.25) is 0 Å². The van der Waals surface area contributed by atoms with Gasteiger partial charge in [-0.3, -0.25) is 19.7 Å². The standard InChI is InChI=1S/C25H23N3O6S/c1-3-34-25(31)17-7-9-19(10-8-17)26-23(29)16(2)35-22-13-11-20(12-14-22)27-24(30)18-5-4-6-21(15-18)28(32)33/h4-16H,3H2,1-2H3,(H,26,29)(H,27,30). The maximum Gasteiger partial charge on any atom is 0.338 e. The van der Waals surface area contributed by atoms with Crippen LogP contribution in [0.3, 0.4) is 0 Å². The van der Waals surface area contributed by atoms with Crippen LogP contribution in [0.5, 0.6) is 0 Å². The number of non-ortho nitro benzene ring substituents is 1. The highest BCUT2D eigenvalue weighted by molar-refractivity contribution is 8.00. The number of nitro benzene ring substituents is 1. The molecule has 0 aliphatic carbocycles. The molecule has 0 radical (unpaired) electrons. The molecule has 9 nitrogen and oxygen atoms in total. The molecule has 3 aromatic rings. The molecule has 35 heavy (non-hydrogen) atoms. The highest BCUT2D eigenvalue weighted by atomic mass is 32.2. The smallest absolute Gasteiger partial charge is 0.338 e. The molecule has 0 saturated heterocycles. The van der Waals surface area contributed by atoms with Gasteiger partial charge in [0.2, 0.25) is 5.91 Å². The molecule has 0 aromatic heterocycles. The first-order valence-corrected chi connectivity index (χ1v) is 11.6. The topological polar surface area (TPSA) is 128 Å². The maximum absolute atomic E-state index is 12.6. The van der Waals surface area contributed by atoms with Crippen LogP contribution in [0.25, 0.3) is 0 Å². The van der Waals surface area contributed by atoms with Crippen molar-refractivity contribution in [2.75, 3.05) is 17.2 Å². The van der Waals surface area contributed by atoms with E-state index in [1.807, 2.05) is 0 Å². The van der Waals surface area contributed by atoms with Crippen molar-refractivity contribution < 1.29 is 24.0 Å². The van der Waals surface area contributed by atoms with Crippen LogP contribution in [-0.2, 0) is 9.53 Å². The minimum Gasteiger partial charge on any atom is -0.462 e. The van der Waals surface area contributed by atoms with Crippen molar-refractivity contribution in [2.45, 2.75) is 24.0 Å². The number of hydrogen-bond donors (Lipinski definition) is 2. The quantitative estimate of drug-likeness (QED) is 0.183. The van der Waals surface area contributed by atoms with Gasteiger partial charge in [0.25, 0.3) is 11.6 Å². The van der Waals surface area contributed by atoms with E-state index in [-0.39, 0.29) is 23.8 Å². The highest BCUT2D eigenvalue weighted by Crippen LogP contribution is 2.26. The number of esters is 1. The van der Waals surface area contributed by atoms with Gasteiger partial charge in [-0.2, -0.15) is 0 Å². The molecular formula is C25H23N3O6S. The molecule has 2 amide bonds. The molecule has 3 aromatic carbocycles. The zero-order chi connectivity index (χ0) is 25.4. The summed E-state index contributed by atoms with van der Waals surface area (Å²) >= 11 is 1.34. The van der Waals surface area contributed by atoms with Crippen LogP contribution in [0, 0.1) is 10.1 Å². The Bertz CT molecular complexity index is 1230. The van der Waals surface area contributed by atoms with Gasteiger partial charge in [-0.15, -0.1) is 11.8 Å². The van der Waals surface area contributed by atoms with Crippen molar-refractivity contribution in [3.8, 4) is 0 Å². The minimum absolute atomic E-state index is 0.161. The Balaban J connectivity index is 1.54. The van der Waals surface area contributed by atoms with Gasteiger partial charge in [0.1, 0.15) is 0 Å². The first-order chi connectivity index (χ1) is 16.8. The molecule has 3 rings (SSSR count). The summed E-state index contributed by atoms with van der Waals surface area (Å²) in [5.41, 5.74) is 1.51. The molecule has 0 bridgehead atoms. The summed E-state index contributed by atoms with van der Waals surface area (Å²) in [6, 6.07) is 18.9. The molecule has 0 spiro atoms. The van der Waals surface area contributed by atoms with Gasteiger partial charge in [-0.05, 0) is 68.4 Å². The SMILES string of the molecule is CCOC(=O)c1ccc(NC(=O)C(C)Sc2ccc(NC(=O)c3cccc([N+](=O)[O-])c3)cc2)cc1. The van der Waals surface area contributed by atoms with Gasteiger partial charge in [0, 0.05) is 34.0 Å². The Kier molecular flexibility index (Phi) is 8.58. The van der Waals surface area contributed by atoms with Gasteiger partial charge >= 0.3 is 5.97 Å². The predicted molar refractivity (Wildman–Crippen MR) is 134 cm³/mol. The molecule has 0 saturated carbocycles. The lowest BCUT2D eigenvalue weighted by Crippen LogP contribution is -2.22. The fourth-order valence-corrected chi connectivity index (χ4v) is 3.85. The summed E-state index contributed by atoms with van der Waals surface area (Å²) in [5, 5.41) is 16.0. The summed E-state index contributed by atoms with van der Waals surface area (Å²) in [6.45, 7) is 3.79. The first kappa shape index (κ1) is 25.4. The number of nitrogens with zero attached hydrogens (tertiary/aromatic N) is 1. The van der Waals surface area contributed by atoms with Crippen molar-refractivity contribution in [1.82, 2.24) is 0 Å². The maximum atomic E-state index is 12.6. The Labute approximate surface area is 206 Å². The number of anilines is 2. The number of carbonyl (C=O) groups excluding carboxylic acids is 3. The van der Waals surface area contributed by atoms with Gasteiger partial charge in [0.15, 0.2) is 0 Å². The predicted octanol–water partition coefficient (Wildman–Crippen LogP) is 5.14. The lowest BCUT2D eigenvalue weighted by Gasteiger charge is -2.13. The highest BCUT2D eigenvalue weighted by Gasteiger charge is 2.16. The van der Waals surface area contributed by atoms with E-state index in [1.165, 1.54) is 36.0 Å². The molecule has 10 heteroatoms. The van der Waals surface area contributed by atoms with Crippen LogP contribution in [0.4, 0.5) is 17.1 Å². The second-order valence-electron chi connectivity index (χ2n) is 7.33. The van der Waals surface area contributed by atoms with Crippen molar-refractivity contribution in [3.05, 3.63) is 94.0 Å². The number of ether oxygens (including phenoxy) is 1. The van der Waals surface area contributed by atoms with E-state index in [0.29, 0.717) is 16.9 Å². The Morgan fingerprint density at radius 3 is 2.20 bits per heavy atom. The van der Waals surface area contributed by atoms with Crippen LogP contribution >= 0.6 is 11.8 Å². The van der Waals surface area contributed by atoms with Crippen molar-refractivity contribution in [1.29, 1.82) is 0 Å². The second-order valence-corrected chi connectivity index (χ2v) is 8.75. The summed E-state index contributed by atoms with van der Waals surface area (Å²) in [4.78, 5) is 47.8. The van der Waals surface area contributed by atoms with E-state index in [0.717, 1.165) is 4.90 Å². The average molecular weight is 494 g/mol. The zero-order valence-corrected chi connectivity index (χ0v) is 19.8. The van der Waals surface area contributed by atoms with E-state index in [1.54, 1.807) is 62.4 Å². The monoisotopic (exact) mass is 493 g/mol. The number of carbonyl (C=O) groups is 3. The third-order valence-corrected chi connectivity index (χ3v) is 5.89. The van der Waals surface area contributed by atoms with Crippen molar-refractivity contribution in [3.63, 3.8) is 0 Å². The molecule has 1 atom stereocenters. The van der Waals surface area contributed by atoms with Gasteiger partial charge in [0.05, 0.1) is 22.3 Å². The minimum atomic E-state index is -0.557. The lowest BCUT2D eigenvalue weighted by atomic mass is 10.2. The Hall–Kier alpha value is -4.18. The van der Waals surface area contributed by atoms with E-state index >= 15 is 0 Å². The van der Waals surface area contributed by atoms with Crippen LogP contribution < -0.4 is 10.6 Å². The van der Waals surface area contributed by atoms with Gasteiger partial charge < -0.3 is 15.4 Å². The Morgan fingerprint density at radius 2 is 1.57 bits per heavy atom. The van der Waals surface area contributed by atoms with Crippen LogP contribution in [0.1, 0.15) is 34.6 Å².